The van der Waals surface area contributed by atoms with Gasteiger partial charge in [0.1, 0.15) is 0 Å². The molecule has 0 aromatic heterocycles. The molecule has 0 radical (unpaired) electrons. The summed E-state index contributed by atoms with van der Waals surface area (Å²) >= 11 is 0. The second-order valence-electron chi connectivity index (χ2n) is 8.30. The van der Waals surface area contributed by atoms with Gasteiger partial charge in [0.05, 0.1) is 0 Å². The zero-order valence-electron chi connectivity index (χ0n) is 19.8. The van der Waals surface area contributed by atoms with E-state index in [2.05, 4.69) is 25.7 Å². The van der Waals surface area contributed by atoms with Gasteiger partial charge in [0.15, 0.2) is 0 Å². The van der Waals surface area contributed by atoms with Crippen molar-refractivity contribution in [3.63, 3.8) is 0 Å². The second-order valence-corrected chi connectivity index (χ2v) is 8.30. The van der Waals surface area contributed by atoms with E-state index in [9.17, 15) is 9.90 Å². The van der Waals surface area contributed by atoms with Gasteiger partial charge in [-0.25, -0.2) is 0 Å². The van der Waals surface area contributed by atoms with Crippen LogP contribution >= 0.6 is 0 Å². The summed E-state index contributed by atoms with van der Waals surface area (Å²) in [5.74, 6) is -0.891. The van der Waals surface area contributed by atoms with E-state index in [0.717, 1.165) is 25.9 Å². The Morgan fingerprint density at radius 3 is 1.43 bits per heavy atom. The molecule has 162 valence electrons. The predicted octanol–water partition coefficient (Wildman–Crippen LogP) is 3.10. The van der Waals surface area contributed by atoms with Crippen LogP contribution in [0.25, 0.3) is 0 Å². The Balaban J connectivity index is 0. The van der Waals surface area contributed by atoms with Gasteiger partial charge in [-0.15, -0.1) is 0 Å². The molecule has 0 saturated carbocycles. The van der Waals surface area contributed by atoms with Crippen molar-refractivity contribution < 1.29 is 28.8 Å². The first-order valence-electron chi connectivity index (χ1n) is 12.1. The van der Waals surface area contributed by atoms with Crippen LogP contribution in [-0.4, -0.2) is 30.0 Å². The van der Waals surface area contributed by atoms with Crippen molar-refractivity contribution in [3.8, 4) is 0 Å². The van der Waals surface area contributed by atoms with E-state index in [-0.39, 0.29) is 31.3 Å². The minimum atomic E-state index is -0.891. The molecule has 0 rings (SSSR count). The van der Waals surface area contributed by atoms with E-state index >= 15 is 0 Å². The second kappa shape index (κ2) is 23.3. The van der Waals surface area contributed by atoms with Gasteiger partial charge in [-0.05, 0) is 32.4 Å². The third-order valence-electron chi connectivity index (χ3n) is 5.64. The summed E-state index contributed by atoms with van der Waals surface area (Å²) < 4.78 is 0. The maximum Gasteiger partial charge on any atom is 1.00 e. The Hall–Kier alpha value is 0.0274. The fraction of sp³-hybridized carbons (Fsp3) is 0.958. The number of unbranched alkanes of at least 4 members (excludes halogenated alkanes) is 12. The SMILES string of the molecule is CCCCCCCCCN(CCCCCCCCC)C(CCC)CC(=O)[O-].[Li+]. The van der Waals surface area contributed by atoms with Gasteiger partial charge in [-0.2, -0.15) is 0 Å². The first-order valence-corrected chi connectivity index (χ1v) is 12.1. The van der Waals surface area contributed by atoms with Crippen LogP contribution in [0.1, 0.15) is 130 Å². The Morgan fingerprint density at radius 1 is 0.679 bits per heavy atom. The Labute approximate surface area is 188 Å². The number of carboxylic acids is 1. The van der Waals surface area contributed by atoms with Gasteiger partial charge in [-0.1, -0.05) is 104 Å². The van der Waals surface area contributed by atoms with Crippen molar-refractivity contribution in [1.82, 2.24) is 4.90 Å². The number of carbonyl (C=O) groups excluding carboxylic acids is 1. The molecule has 0 heterocycles. The van der Waals surface area contributed by atoms with Gasteiger partial charge in [0.25, 0.3) is 0 Å². The molecule has 0 saturated heterocycles. The third-order valence-corrected chi connectivity index (χ3v) is 5.64. The zero-order chi connectivity index (χ0) is 20.2. The Kier molecular flexibility index (Phi) is 25.2. The van der Waals surface area contributed by atoms with E-state index in [1.165, 1.54) is 89.9 Å². The van der Waals surface area contributed by atoms with Crippen molar-refractivity contribution in [1.29, 1.82) is 0 Å². The van der Waals surface area contributed by atoms with Gasteiger partial charge in [0.2, 0.25) is 0 Å². The fourth-order valence-corrected chi connectivity index (χ4v) is 3.96. The molecular weight excluding hydrogens is 341 g/mol. The van der Waals surface area contributed by atoms with Crippen LogP contribution < -0.4 is 24.0 Å². The van der Waals surface area contributed by atoms with E-state index in [1.807, 2.05) is 0 Å². The number of aliphatic carboxylic acids is 1. The fourth-order valence-electron chi connectivity index (χ4n) is 3.96. The molecule has 0 spiro atoms. The van der Waals surface area contributed by atoms with Crippen LogP contribution in [0.4, 0.5) is 0 Å². The number of rotatable bonds is 21. The van der Waals surface area contributed by atoms with Crippen molar-refractivity contribution >= 4 is 5.97 Å². The summed E-state index contributed by atoms with van der Waals surface area (Å²) in [7, 11) is 0. The summed E-state index contributed by atoms with van der Waals surface area (Å²) in [5, 5.41) is 11.2. The molecule has 0 aliphatic rings. The van der Waals surface area contributed by atoms with Crippen molar-refractivity contribution in [2.45, 2.75) is 136 Å². The van der Waals surface area contributed by atoms with Gasteiger partial charge >= 0.3 is 18.9 Å². The van der Waals surface area contributed by atoms with E-state index in [4.69, 9.17) is 0 Å². The summed E-state index contributed by atoms with van der Waals surface area (Å²) in [4.78, 5) is 13.7. The molecule has 0 N–H and O–H groups in total. The summed E-state index contributed by atoms with van der Waals surface area (Å²) in [6.07, 6.45) is 20.6. The minimum Gasteiger partial charge on any atom is -0.550 e. The maximum absolute atomic E-state index is 11.2. The van der Waals surface area contributed by atoms with Crippen LogP contribution in [0.15, 0.2) is 0 Å². The number of hydrogen-bond donors (Lipinski definition) is 0. The standard InChI is InChI=1S/C24H49NO2.Li/c1-4-7-9-11-13-15-17-20-25(23(19-6-3)22-24(26)27)21-18-16-14-12-10-8-5-2;/h23H,4-22H2,1-3H3,(H,26,27);/q;+1/p-1. The topological polar surface area (TPSA) is 43.4 Å². The molecule has 0 aliphatic heterocycles. The molecule has 1 unspecified atom stereocenters. The smallest absolute Gasteiger partial charge is 0.550 e. The van der Waals surface area contributed by atoms with Crippen LogP contribution in [-0.2, 0) is 4.79 Å². The van der Waals surface area contributed by atoms with Crippen molar-refractivity contribution in [2.75, 3.05) is 13.1 Å². The Bertz CT molecular complexity index is 308. The molecule has 0 aromatic rings. The summed E-state index contributed by atoms with van der Waals surface area (Å²) in [6.45, 7) is 8.78. The molecule has 0 amide bonds. The molecule has 0 aromatic carbocycles. The van der Waals surface area contributed by atoms with E-state index in [1.54, 1.807) is 0 Å². The molecular formula is C24H48LiNO2. The summed E-state index contributed by atoms with van der Waals surface area (Å²) in [5.41, 5.74) is 0. The minimum absolute atomic E-state index is 0. The zero-order valence-corrected chi connectivity index (χ0v) is 19.8. The third kappa shape index (κ3) is 19.3. The van der Waals surface area contributed by atoms with Crippen LogP contribution in [0, 0.1) is 0 Å². The number of hydrogen-bond acceptors (Lipinski definition) is 3. The number of nitrogens with zero attached hydrogens (tertiary/aromatic N) is 1. The Morgan fingerprint density at radius 2 is 1.07 bits per heavy atom. The monoisotopic (exact) mass is 389 g/mol. The molecule has 28 heavy (non-hydrogen) atoms. The van der Waals surface area contributed by atoms with Crippen molar-refractivity contribution in [2.24, 2.45) is 0 Å². The molecule has 0 fully saturated rings. The molecule has 4 heteroatoms. The average Bonchev–Trinajstić information content (AvgIpc) is 2.64. The largest absolute Gasteiger partial charge is 1.00 e. The molecule has 1 atom stereocenters. The maximum atomic E-state index is 11.2. The van der Waals surface area contributed by atoms with Gasteiger partial charge < -0.3 is 14.8 Å². The predicted molar refractivity (Wildman–Crippen MR) is 116 cm³/mol. The molecule has 3 nitrogen and oxygen atoms in total. The van der Waals surface area contributed by atoms with Crippen LogP contribution in [0.3, 0.4) is 0 Å². The summed E-state index contributed by atoms with van der Waals surface area (Å²) in [6, 6.07) is 0.167. The first kappa shape index (κ1) is 30.2. The molecule has 0 bridgehead atoms. The van der Waals surface area contributed by atoms with Crippen molar-refractivity contribution in [3.05, 3.63) is 0 Å². The normalized spacial score (nSPS) is 12.1. The van der Waals surface area contributed by atoms with E-state index < -0.39 is 5.97 Å². The molecule has 0 aliphatic carbocycles. The van der Waals surface area contributed by atoms with Crippen LogP contribution in [0.2, 0.25) is 0 Å². The number of carboxylic acid groups (broad SMARTS) is 1. The number of carbonyl (C=O) groups is 1. The first-order chi connectivity index (χ1) is 13.2. The van der Waals surface area contributed by atoms with Gasteiger partial charge in [-0.3, -0.25) is 0 Å². The average molecular weight is 390 g/mol. The van der Waals surface area contributed by atoms with Crippen LogP contribution in [0.5, 0.6) is 0 Å². The van der Waals surface area contributed by atoms with E-state index in [0.29, 0.717) is 0 Å². The van der Waals surface area contributed by atoms with Gasteiger partial charge in [0, 0.05) is 18.4 Å². The quantitative estimate of drug-likeness (QED) is 0.224.